The quantitative estimate of drug-likeness (QED) is 0.568. The molecule has 4 rings (SSSR count). The van der Waals surface area contributed by atoms with Gasteiger partial charge in [-0.1, -0.05) is 32.3 Å². The minimum Gasteiger partial charge on any atom is -0.206 e. The second-order valence-corrected chi connectivity index (χ2v) is 8.67. The molecule has 2 aliphatic carbocycles. The molecule has 0 bridgehead atoms. The first kappa shape index (κ1) is 18.4. The monoisotopic (exact) mass is 367 g/mol. The Morgan fingerprint density at radius 1 is 0.963 bits per heavy atom. The highest BCUT2D eigenvalue weighted by molar-refractivity contribution is 5.85. The van der Waals surface area contributed by atoms with E-state index in [0.717, 1.165) is 36.2 Å². The normalized spacial score (nSPS) is 27.9. The van der Waals surface area contributed by atoms with Gasteiger partial charge < -0.3 is 0 Å². The van der Waals surface area contributed by atoms with E-state index in [2.05, 4.69) is 6.92 Å². The summed E-state index contributed by atoms with van der Waals surface area (Å²) in [5, 5.41) is 9.88. The van der Waals surface area contributed by atoms with E-state index < -0.39 is 5.82 Å². The third-order valence-electron chi connectivity index (χ3n) is 7.02. The number of hydrogen-bond donors (Lipinski definition) is 0. The molecule has 2 saturated carbocycles. The van der Waals surface area contributed by atoms with Crippen LogP contribution in [0.1, 0.15) is 75.3 Å². The van der Waals surface area contributed by atoms with E-state index in [9.17, 15) is 8.78 Å². The standard InChI is InChI=1S/C24H27F2N/c1-2-3-15-4-5-17-9-18(7-6-16(17)8-15)19-10-20-13-23(25)21(14-27)11-22(20)24(26)12-19/h10-13,15-18H,2-9H2,1H3. The summed E-state index contributed by atoms with van der Waals surface area (Å²) in [5.41, 5.74) is 0.900. The van der Waals surface area contributed by atoms with Crippen LogP contribution in [-0.4, -0.2) is 0 Å². The molecule has 0 N–H and O–H groups in total. The molecule has 2 aliphatic rings. The van der Waals surface area contributed by atoms with Crippen molar-refractivity contribution >= 4 is 10.8 Å². The fourth-order valence-corrected chi connectivity index (χ4v) is 5.64. The summed E-state index contributed by atoms with van der Waals surface area (Å²) in [6.45, 7) is 2.28. The molecule has 27 heavy (non-hydrogen) atoms. The van der Waals surface area contributed by atoms with Gasteiger partial charge in [0.2, 0.25) is 0 Å². The van der Waals surface area contributed by atoms with Crippen molar-refractivity contribution in [1.29, 1.82) is 5.26 Å². The van der Waals surface area contributed by atoms with Gasteiger partial charge in [0.25, 0.3) is 0 Å². The maximum absolute atomic E-state index is 14.7. The van der Waals surface area contributed by atoms with Crippen LogP contribution in [0, 0.1) is 40.7 Å². The van der Waals surface area contributed by atoms with Gasteiger partial charge in [-0.2, -0.15) is 5.26 Å². The molecule has 0 saturated heterocycles. The number of rotatable bonds is 3. The number of nitriles is 1. The topological polar surface area (TPSA) is 23.8 Å². The van der Waals surface area contributed by atoms with E-state index in [1.54, 1.807) is 12.1 Å². The predicted molar refractivity (Wildman–Crippen MR) is 104 cm³/mol. The highest BCUT2D eigenvalue weighted by Crippen LogP contribution is 2.48. The van der Waals surface area contributed by atoms with Crippen molar-refractivity contribution < 1.29 is 8.78 Å². The van der Waals surface area contributed by atoms with Crippen molar-refractivity contribution in [2.45, 2.75) is 64.2 Å². The number of hydrogen-bond acceptors (Lipinski definition) is 1. The van der Waals surface area contributed by atoms with E-state index in [1.165, 1.54) is 50.7 Å². The van der Waals surface area contributed by atoms with Gasteiger partial charge in [0.05, 0.1) is 5.56 Å². The van der Waals surface area contributed by atoms with Crippen molar-refractivity contribution in [2.75, 3.05) is 0 Å². The molecule has 2 aromatic rings. The van der Waals surface area contributed by atoms with Crippen molar-refractivity contribution in [3.8, 4) is 6.07 Å². The molecule has 4 unspecified atom stereocenters. The lowest BCUT2D eigenvalue weighted by molar-refractivity contribution is 0.114. The van der Waals surface area contributed by atoms with Crippen molar-refractivity contribution in [3.63, 3.8) is 0 Å². The molecule has 0 radical (unpaired) electrons. The van der Waals surface area contributed by atoms with Gasteiger partial charge in [0.1, 0.15) is 17.7 Å². The largest absolute Gasteiger partial charge is 0.206 e. The molecule has 142 valence electrons. The van der Waals surface area contributed by atoms with Gasteiger partial charge in [0.15, 0.2) is 0 Å². The minimum absolute atomic E-state index is 0.0986. The molecular weight excluding hydrogens is 340 g/mol. The Hall–Kier alpha value is -1.95. The van der Waals surface area contributed by atoms with Crippen LogP contribution in [0.2, 0.25) is 0 Å². The van der Waals surface area contributed by atoms with E-state index >= 15 is 0 Å². The van der Waals surface area contributed by atoms with E-state index in [4.69, 9.17) is 5.26 Å². The van der Waals surface area contributed by atoms with Crippen LogP contribution in [0.25, 0.3) is 10.8 Å². The molecule has 3 heteroatoms. The van der Waals surface area contributed by atoms with E-state index in [1.807, 2.05) is 6.07 Å². The number of benzene rings is 2. The van der Waals surface area contributed by atoms with E-state index in [0.29, 0.717) is 16.7 Å². The van der Waals surface area contributed by atoms with Crippen molar-refractivity contribution in [2.24, 2.45) is 17.8 Å². The lowest BCUT2D eigenvalue weighted by Gasteiger charge is -2.42. The third-order valence-corrected chi connectivity index (χ3v) is 7.02. The van der Waals surface area contributed by atoms with Gasteiger partial charge in [-0.25, -0.2) is 8.78 Å². The Morgan fingerprint density at radius 3 is 2.52 bits per heavy atom. The first-order chi connectivity index (χ1) is 13.1. The molecule has 2 aromatic carbocycles. The second kappa shape index (κ2) is 7.58. The average molecular weight is 367 g/mol. The minimum atomic E-state index is -0.570. The summed E-state index contributed by atoms with van der Waals surface area (Å²) in [6, 6.07) is 7.99. The number of fused-ring (bicyclic) bond motifs is 2. The zero-order chi connectivity index (χ0) is 19.0. The van der Waals surface area contributed by atoms with Crippen LogP contribution in [0.5, 0.6) is 0 Å². The van der Waals surface area contributed by atoms with Crippen molar-refractivity contribution in [3.05, 3.63) is 47.0 Å². The van der Waals surface area contributed by atoms with Crippen LogP contribution in [0.3, 0.4) is 0 Å². The summed E-state index contributed by atoms with van der Waals surface area (Å²) in [4.78, 5) is 0. The predicted octanol–water partition coefficient (Wildman–Crippen LogP) is 7.09. The Labute approximate surface area is 160 Å². The summed E-state index contributed by atoms with van der Waals surface area (Å²) < 4.78 is 28.7. The Bertz CT molecular complexity index is 882. The lowest BCUT2D eigenvalue weighted by Crippen LogP contribution is -2.30. The molecule has 0 amide bonds. The number of halogens is 2. The summed E-state index contributed by atoms with van der Waals surface area (Å²) in [6.07, 6.45) is 10.1. The molecule has 2 fully saturated rings. The highest BCUT2D eigenvalue weighted by Gasteiger charge is 2.35. The maximum atomic E-state index is 14.7. The van der Waals surface area contributed by atoms with Gasteiger partial charge in [-0.15, -0.1) is 0 Å². The average Bonchev–Trinajstić information content (AvgIpc) is 2.67. The molecule has 4 atom stereocenters. The zero-order valence-electron chi connectivity index (χ0n) is 16.0. The summed E-state index contributed by atoms with van der Waals surface area (Å²) >= 11 is 0. The van der Waals surface area contributed by atoms with E-state index in [-0.39, 0.29) is 11.4 Å². The Balaban J connectivity index is 1.56. The fourth-order valence-electron chi connectivity index (χ4n) is 5.64. The van der Waals surface area contributed by atoms with Gasteiger partial charge >= 0.3 is 0 Å². The third kappa shape index (κ3) is 3.59. The molecule has 0 heterocycles. The van der Waals surface area contributed by atoms with Gasteiger partial charge in [-0.05, 0) is 84.9 Å². The zero-order valence-corrected chi connectivity index (χ0v) is 16.0. The highest BCUT2D eigenvalue weighted by atomic mass is 19.1. The Morgan fingerprint density at radius 2 is 1.74 bits per heavy atom. The summed E-state index contributed by atoms with van der Waals surface area (Å²) in [7, 11) is 0. The first-order valence-electron chi connectivity index (χ1n) is 10.4. The fraction of sp³-hybridized carbons (Fsp3) is 0.542. The molecule has 0 aliphatic heterocycles. The first-order valence-corrected chi connectivity index (χ1v) is 10.4. The van der Waals surface area contributed by atoms with Gasteiger partial charge in [0, 0.05) is 5.39 Å². The molecule has 0 spiro atoms. The van der Waals surface area contributed by atoms with Crippen LogP contribution in [0.15, 0.2) is 24.3 Å². The summed E-state index contributed by atoms with van der Waals surface area (Å²) in [5.74, 6) is 1.96. The molecule has 0 aromatic heterocycles. The SMILES string of the molecule is CCCC1CCC2CC(c3cc(F)c4cc(C#N)c(F)cc4c3)CCC2C1. The van der Waals surface area contributed by atoms with Crippen LogP contribution < -0.4 is 0 Å². The Kier molecular flexibility index (Phi) is 5.17. The van der Waals surface area contributed by atoms with Crippen LogP contribution in [-0.2, 0) is 0 Å². The molecule has 1 nitrogen and oxygen atoms in total. The smallest absolute Gasteiger partial charge is 0.141 e. The number of nitrogens with zero attached hydrogens (tertiary/aromatic N) is 1. The molecular formula is C24H27F2N. The van der Waals surface area contributed by atoms with Crippen molar-refractivity contribution in [1.82, 2.24) is 0 Å². The second-order valence-electron chi connectivity index (χ2n) is 8.67. The lowest BCUT2D eigenvalue weighted by atomic mass is 9.63. The van der Waals surface area contributed by atoms with Crippen LogP contribution in [0.4, 0.5) is 8.78 Å². The van der Waals surface area contributed by atoms with Crippen LogP contribution >= 0.6 is 0 Å². The van der Waals surface area contributed by atoms with Gasteiger partial charge in [-0.3, -0.25) is 0 Å². The maximum Gasteiger partial charge on any atom is 0.141 e.